The first kappa shape index (κ1) is 27.0. The normalized spacial score (nSPS) is 12.6. The molecule has 0 aliphatic carbocycles. The van der Waals surface area contributed by atoms with Crippen LogP contribution in [0.1, 0.15) is 22.3 Å². The number of halogens is 3. The molecule has 0 aliphatic heterocycles. The van der Waals surface area contributed by atoms with Crippen molar-refractivity contribution in [3.05, 3.63) is 83.9 Å². The minimum Gasteiger partial charge on any atom is -0.465 e. The van der Waals surface area contributed by atoms with E-state index in [-0.39, 0.29) is 22.8 Å². The van der Waals surface area contributed by atoms with Crippen molar-refractivity contribution >= 4 is 15.8 Å². The number of rotatable bonds is 10. The largest absolute Gasteiger partial charge is 0.573 e. The van der Waals surface area contributed by atoms with Crippen LogP contribution in [0.2, 0.25) is 0 Å². The van der Waals surface area contributed by atoms with Gasteiger partial charge in [0, 0.05) is 0 Å². The number of methoxy groups -OCH3 is 1. The SMILES string of the molecule is COC(=O)c1ccc(CCC(O)CS(=O)(=O)c2ccc(Oc3ccc(OC(F)(F)F)cc3)cc2)cc1. The molecule has 1 unspecified atom stereocenters. The highest BCUT2D eigenvalue weighted by Crippen LogP contribution is 2.28. The van der Waals surface area contributed by atoms with Crippen LogP contribution in [0.5, 0.6) is 17.2 Å². The molecule has 3 rings (SSSR count). The number of benzene rings is 3. The fourth-order valence-electron chi connectivity index (χ4n) is 3.25. The molecule has 0 saturated heterocycles. The van der Waals surface area contributed by atoms with Crippen LogP contribution in [-0.4, -0.2) is 44.8 Å². The Bertz CT molecular complexity index is 1260. The first-order chi connectivity index (χ1) is 16.9. The van der Waals surface area contributed by atoms with E-state index >= 15 is 0 Å². The topological polar surface area (TPSA) is 99.1 Å². The van der Waals surface area contributed by atoms with Gasteiger partial charge in [0.05, 0.1) is 29.4 Å². The van der Waals surface area contributed by atoms with Gasteiger partial charge in [0.15, 0.2) is 9.84 Å². The molecule has 0 bridgehead atoms. The number of alkyl halides is 3. The van der Waals surface area contributed by atoms with E-state index < -0.39 is 39.8 Å². The third-order valence-electron chi connectivity index (χ3n) is 5.03. The van der Waals surface area contributed by atoms with Crippen LogP contribution in [0, 0.1) is 0 Å². The summed E-state index contributed by atoms with van der Waals surface area (Å²) in [4.78, 5) is 11.5. The van der Waals surface area contributed by atoms with Crippen LogP contribution in [0.25, 0.3) is 0 Å². The van der Waals surface area contributed by atoms with Crippen molar-refractivity contribution in [3.63, 3.8) is 0 Å². The van der Waals surface area contributed by atoms with Crippen LogP contribution >= 0.6 is 0 Å². The van der Waals surface area contributed by atoms with Crippen molar-refractivity contribution in [1.29, 1.82) is 0 Å². The average Bonchev–Trinajstić information content (AvgIpc) is 2.83. The summed E-state index contributed by atoms with van der Waals surface area (Å²) in [6.45, 7) is 0. The second kappa shape index (κ2) is 11.4. The smallest absolute Gasteiger partial charge is 0.465 e. The van der Waals surface area contributed by atoms with Crippen molar-refractivity contribution in [2.45, 2.75) is 30.2 Å². The number of aliphatic hydroxyl groups excluding tert-OH is 1. The first-order valence-corrected chi connectivity index (χ1v) is 12.3. The molecular weight excluding hydrogens is 501 g/mol. The highest BCUT2D eigenvalue weighted by atomic mass is 32.2. The molecule has 3 aromatic carbocycles. The Hall–Kier alpha value is -3.57. The highest BCUT2D eigenvalue weighted by Gasteiger charge is 2.31. The first-order valence-electron chi connectivity index (χ1n) is 10.7. The van der Waals surface area contributed by atoms with Gasteiger partial charge in [-0.2, -0.15) is 0 Å². The molecule has 0 heterocycles. The van der Waals surface area contributed by atoms with E-state index in [0.717, 1.165) is 17.7 Å². The number of carbonyl (C=O) groups is 1. The van der Waals surface area contributed by atoms with Crippen molar-refractivity contribution in [1.82, 2.24) is 0 Å². The number of carbonyl (C=O) groups excluding carboxylic acids is 1. The van der Waals surface area contributed by atoms with E-state index in [1.54, 1.807) is 24.3 Å². The highest BCUT2D eigenvalue weighted by molar-refractivity contribution is 7.91. The van der Waals surface area contributed by atoms with Crippen molar-refractivity contribution in [2.75, 3.05) is 12.9 Å². The minimum atomic E-state index is -4.80. The summed E-state index contributed by atoms with van der Waals surface area (Å²) in [5.74, 6) is -0.830. The van der Waals surface area contributed by atoms with Gasteiger partial charge in [-0.05, 0) is 79.1 Å². The summed E-state index contributed by atoms with van der Waals surface area (Å²) in [7, 11) is -2.50. The number of aliphatic hydroxyl groups is 1. The maximum atomic E-state index is 12.7. The van der Waals surface area contributed by atoms with E-state index in [4.69, 9.17) is 4.74 Å². The lowest BCUT2D eigenvalue weighted by molar-refractivity contribution is -0.274. The van der Waals surface area contributed by atoms with Crippen molar-refractivity contribution in [3.8, 4) is 17.2 Å². The monoisotopic (exact) mass is 524 g/mol. The number of aryl methyl sites for hydroxylation is 1. The second-order valence-corrected chi connectivity index (χ2v) is 9.79. The van der Waals surface area contributed by atoms with E-state index in [1.165, 1.54) is 43.5 Å². The summed E-state index contributed by atoms with van der Waals surface area (Å²) in [5, 5.41) is 10.3. The Balaban J connectivity index is 1.54. The van der Waals surface area contributed by atoms with Gasteiger partial charge in [-0.25, -0.2) is 13.2 Å². The fraction of sp³-hybridized carbons (Fsp3) is 0.240. The van der Waals surface area contributed by atoms with E-state index in [2.05, 4.69) is 9.47 Å². The molecule has 7 nitrogen and oxygen atoms in total. The molecule has 0 fully saturated rings. The summed E-state index contributed by atoms with van der Waals surface area (Å²) >= 11 is 0. The van der Waals surface area contributed by atoms with Crippen molar-refractivity contribution in [2.24, 2.45) is 0 Å². The fourth-order valence-corrected chi connectivity index (χ4v) is 4.67. The summed E-state index contributed by atoms with van der Waals surface area (Å²) in [5.41, 5.74) is 1.22. The molecule has 1 N–H and O–H groups in total. The second-order valence-electron chi connectivity index (χ2n) is 7.76. The molecule has 11 heteroatoms. The Labute approximate surface area is 206 Å². The molecule has 0 aliphatic rings. The zero-order valence-corrected chi connectivity index (χ0v) is 19.9. The minimum absolute atomic E-state index is 0.00902. The number of hydrogen-bond acceptors (Lipinski definition) is 7. The zero-order chi connectivity index (χ0) is 26.3. The number of esters is 1. The summed E-state index contributed by atoms with van der Waals surface area (Å²) in [6.07, 6.45) is -5.29. The summed E-state index contributed by atoms with van der Waals surface area (Å²) < 4.78 is 76.0. The molecule has 36 heavy (non-hydrogen) atoms. The van der Waals surface area contributed by atoms with Crippen LogP contribution < -0.4 is 9.47 Å². The molecule has 0 saturated carbocycles. The van der Waals surface area contributed by atoms with Gasteiger partial charge in [-0.3, -0.25) is 0 Å². The van der Waals surface area contributed by atoms with E-state index in [1.807, 2.05) is 0 Å². The van der Waals surface area contributed by atoms with E-state index in [0.29, 0.717) is 12.0 Å². The Kier molecular flexibility index (Phi) is 8.59. The molecule has 0 radical (unpaired) electrons. The third-order valence-corrected chi connectivity index (χ3v) is 6.84. The molecule has 3 aromatic rings. The standard InChI is InChI=1S/C25H23F3O7S/c1-33-24(30)18-5-2-17(3-6-18)4-7-19(29)16-36(31,32)23-14-12-21(13-15-23)34-20-8-10-22(11-9-20)35-25(26,27)28/h2-3,5-6,8-15,19,29H,4,7,16H2,1H3. The molecular formula is C25H23F3O7S. The Morgan fingerprint density at radius 1 is 0.889 bits per heavy atom. The van der Waals surface area contributed by atoms with E-state index in [9.17, 15) is 31.5 Å². The zero-order valence-electron chi connectivity index (χ0n) is 19.1. The Morgan fingerprint density at radius 2 is 1.42 bits per heavy atom. The maximum Gasteiger partial charge on any atom is 0.573 e. The van der Waals surface area contributed by atoms with Crippen LogP contribution in [-0.2, 0) is 21.0 Å². The lowest BCUT2D eigenvalue weighted by Crippen LogP contribution is -2.21. The van der Waals surface area contributed by atoms with Gasteiger partial charge < -0.3 is 19.3 Å². The lowest BCUT2D eigenvalue weighted by atomic mass is 10.1. The summed E-state index contributed by atoms with van der Waals surface area (Å²) in [6, 6.07) is 16.8. The van der Waals surface area contributed by atoms with Crippen LogP contribution in [0.15, 0.2) is 77.7 Å². The average molecular weight is 525 g/mol. The number of ether oxygens (including phenoxy) is 3. The quantitative estimate of drug-likeness (QED) is 0.376. The predicted octanol–water partition coefficient (Wildman–Crippen LogP) is 4.93. The number of sulfone groups is 1. The molecule has 1 atom stereocenters. The maximum absolute atomic E-state index is 12.7. The molecule has 0 aromatic heterocycles. The van der Waals surface area contributed by atoms with Gasteiger partial charge in [0.25, 0.3) is 0 Å². The lowest BCUT2D eigenvalue weighted by Gasteiger charge is -2.13. The predicted molar refractivity (Wildman–Crippen MR) is 124 cm³/mol. The Morgan fingerprint density at radius 3 is 1.94 bits per heavy atom. The number of hydrogen-bond donors (Lipinski definition) is 1. The van der Waals surface area contributed by atoms with Crippen molar-refractivity contribution < 1.29 is 45.7 Å². The van der Waals surface area contributed by atoms with Gasteiger partial charge >= 0.3 is 12.3 Å². The van der Waals surface area contributed by atoms with Gasteiger partial charge in [-0.1, -0.05) is 12.1 Å². The van der Waals surface area contributed by atoms with Gasteiger partial charge in [0.1, 0.15) is 17.2 Å². The van der Waals surface area contributed by atoms with Gasteiger partial charge in [0.2, 0.25) is 0 Å². The van der Waals surface area contributed by atoms with Crippen LogP contribution in [0.4, 0.5) is 13.2 Å². The third kappa shape index (κ3) is 7.99. The molecule has 192 valence electrons. The molecule has 0 amide bonds. The van der Waals surface area contributed by atoms with Crippen LogP contribution in [0.3, 0.4) is 0 Å². The molecule has 0 spiro atoms. The van der Waals surface area contributed by atoms with Gasteiger partial charge in [-0.15, -0.1) is 13.2 Å².